The third kappa shape index (κ3) is 7.81. The number of rotatable bonds is 10. The molecule has 61 heavy (non-hydrogen) atoms. The van der Waals surface area contributed by atoms with Crippen molar-refractivity contribution in [3.05, 3.63) is 261 Å². The molecule has 0 aliphatic heterocycles. The highest BCUT2D eigenvalue weighted by molar-refractivity contribution is 6.00. The molecule has 0 saturated heterocycles. The van der Waals surface area contributed by atoms with E-state index in [1.807, 2.05) is 0 Å². The summed E-state index contributed by atoms with van der Waals surface area (Å²) in [5, 5.41) is 0. The molecule has 0 heterocycles. The van der Waals surface area contributed by atoms with Gasteiger partial charge in [0.1, 0.15) is 0 Å². The molecule has 0 spiro atoms. The van der Waals surface area contributed by atoms with Crippen molar-refractivity contribution >= 4 is 17.1 Å². The fourth-order valence-electron chi connectivity index (χ4n) is 8.49. The Morgan fingerprint density at radius 3 is 0.967 bits per heavy atom. The number of hydrogen-bond donors (Lipinski definition) is 0. The molecule has 0 bridgehead atoms. The zero-order valence-corrected chi connectivity index (χ0v) is 33.8. The second kappa shape index (κ2) is 17.1. The van der Waals surface area contributed by atoms with Crippen molar-refractivity contribution in [1.29, 1.82) is 0 Å². The van der Waals surface area contributed by atoms with Gasteiger partial charge in [0.05, 0.1) is 0 Å². The molecule has 0 unspecified atom stereocenters. The largest absolute Gasteiger partial charge is 0.310 e. The smallest absolute Gasteiger partial charge is 0.0467 e. The van der Waals surface area contributed by atoms with Gasteiger partial charge in [-0.05, 0) is 114 Å². The van der Waals surface area contributed by atoms with Crippen LogP contribution in [0.2, 0.25) is 0 Å². The molecule has 0 radical (unpaired) electrons. The van der Waals surface area contributed by atoms with Crippen LogP contribution in [0.3, 0.4) is 0 Å². The van der Waals surface area contributed by atoms with Gasteiger partial charge in [0.2, 0.25) is 0 Å². The maximum atomic E-state index is 2.37. The lowest BCUT2D eigenvalue weighted by Crippen LogP contribution is -2.10. The molecular weight excluding hydrogens is 735 g/mol. The van der Waals surface area contributed by atoms with Crippen molar-refractivity contribution in [3.8, 4) is 77.9 Å². The zero-order valence-electron chi connectivity index (χ0n) is 33.8. The van der Waals surface area contributed by atoms with E-state index in [0.29, 0.717) is 0 Å². The van der Waals surface area contributed by atoms with Gasteiger partial charge >= 0.3 is 0 Å². The van der Waals surface area contributed by atoms with Crippen LogP contribution in [0.25, 0.3) is 77.9 Å². The molecule has 1 heteroatoms. The summed E-state index contributed by atoms with van der Waals surface area (Å²) < 4.78 is 0. The van der Waals surface area contributed by atoms with E-state index in [2.05, 4.69) is 266 Å². The van der Waals surface area contributed by atoms with Gasteiger partial charge in [-0.25, -0.2) is 0 Å². The lowest BCUT2D eigenvalue weighted by Gasteiger charge is -2.27. The summed E-state index contributed by atoms with van der Waals surface area (Å²) in [5.74, 6) is 0. The number of benzene rings is 10. The van der Waals surface area contributed by atoms with Crippen LogP contribution in [0.5, 0.6) is 0 Å². The van der Waals surface area contributed by atoms with Crippen LogP contribution in [-0.2, 0) is 0 Å². The first-order valence-corrected chi connectivity index (χ1v) is 20.9. The van der Waals surface area contributed by atoms with Gasteiger partial charge < -0.3 is 4.90 Å². The van der Waals surface area contributed by atoms with Gasteiger partial charge in [-0.1, -0.05) is 224 Å². The maximum absolute atomic E-state index is 2.37. The van der Waals surface area contributed by atoms with E-state index >= 15 is 0 Å². The highest BCUT2D eigenvalue weighted by Gasteiger charge is 2.20. The summed E-state index contributed by atoms with van der Waals surface area (Å²) in [6.45, 7) is 0. The molecule has 0 aliphatic carbocycles. The van der Waals surface area contributed by atoms with Gasteiger partial charge in [0.15, 0.2) is 0 Å². The SMILES string of the molecule is c1ccc(-c2ccc(-c3ccc(N(c4ccc(-c5ccccc5)cc4)c4cccc(-c5cccc(-c6ccccc6)c5-c5ccccc5-c5ccccc5)c4)cc3)cc2)cc1. The normalized spacial score (nSPS) is 11.0. The average molecular weight is 778 g/mol. The minimum Gasteiger partial charge on any atom is -0.310 e. The lowest BCUT2D eigenvalue weighted by atomic mass is 9.84. The first kappa shape index (κ1) is 37.3. The Bertz CT molecular complexity index is 3010. The fraction of sp³-hybridized carbons (Fsp3) is 0. The van der Waals surface area contributed by atoms with E-state index < -0.39 is 0 Å². The summed E-state index contributed by atoms with van der Waals surface area (Å²) in [7, 11) is 0. The Labute approximate surface area is 359 Å². The zero-order chi connectivity index (χ0) is 40.8. The number of nitrogens with zero attached hydrogens (tertiary/aromatic N) is 1. The topological polar surface area (TPSA) is 3.24 Å². The molecule has 10 aromatic carbocycles. The Balaban J connectivity index is 1.09. The predicted molar refractivity (Wildman–Crippen MR) is 259 cm³/mol. The molecule has 1 nitrogen and oxygen atoms in total. The van der Waals surface area contributed by atoms with Gasteiger partial charge in [-0.15, -0.1) is 0 Å². The van der Waals surface area contributed by atoms with Crippen molar-refractivity contribution in [3.63, 3.8) is 0 Å². The van der Waals surface area contributed by atoms with Crippen LogP contribution in [-0.4, -0.2) is 0 Å². The molecule has 10 rings (SSSR count). The molecule has 0 N–H and O–H groups in total. The third-order valence-corrected chi connectivity index (χ3v) is 11.5. The molecule has 0 fully saturated rings. The molecule has 0 aliphatic rings. The molecule has 10 aromatic rings. The van der Waals surface area contributed by atoms with Crippen molar-refractivity contribution in [2.75, 3.05) is 4.90 Å². The molecule has 0 aromatic heterocycles. The predicted octanol–water partition coefficient (Wildman–Crippen LogP) is 16.8. The van der Waals surface area contributed by atoms with E-state index in [1.165, 1.54) is 72.3 Å². The van der Waals surface area contributed by atoms with Gasteiger partial charge in [-0.2, -0.15) is 0 Å². The van der Waals surface area contributed by atoms with Crippen LogP contribution in [0.1, 0.15) is 0 Å². The molecular formula is C60H43N. The van der Waals surface area contributed by atoms with E-state index in [0.717, 1.165) is 22.6 Å². The Hall–Kier alpha value is -8.00. The highest BCUT2D eigenvalue weighted by atomic mass is 15.1. The van der Waals surface area contributed by atoms with Crippen molar-refractivity contribution < 1.29 is 0 Å². The van der Waals surface area contributed by atoms with Crippen LogP contribution in [0, 0.1) is 0 Å². The monoisotopic (exact) mass is 777 g/mol. The van der Waals surface area contributed by atoms with E-state index in [1.54, 1.807) is 0 Å². The van der Waals surface area contributed by atoms with Gasteiger partial charge in [-0.3, -0.25) is 0 Å². The highest BCUT2D eigenvalue weighted by Crippen LogP contribution is 2.45. The Morgan fingerprint density at radius 2 is 0.492 bits per heavy atom. The van der Waals surface area contributed by atoms with Crippen LogP contribution >= 0.6 is 0 Å². The second-order valence-corrected chi connectivity index (χ2v) is 15.3. The molecule has 0 saturated carbocycles. The minimum atomic E-state index is 1.08. The van der Waals surface area contributed by atoms with Crippen molar-refractivity contribution in [1.82, 2.24) is 0 Å². The number of hydrogen-bond acceptors (Lipinski definition) is 1. The van der Waals surface area contributed by atoms with E-state index in [4.69, 9.17) is 0 Å². The van der Waals surface area contributed by atoms with Crippen LogP contribution in [0.15, 0.2) is 261 Å². The lowest BCUT2D eigenvalue weighted by molar-refractivity contribution is 1.28. The molecule has 0 amide bonds. The summed E-state index contributed by atoms with van der Waals surface area (Å²) in [5.41, 5.74) is 20.0. The summed E-state index contributed by atoms with van der Waals surface area (Å²) >= 11 is 0. The van der Waals surface area contributed by atoms with Gasteiger partial charge in [0, 0.05) is 17.1 Å². The van der Waals surface area contributed by atoms with Gasteiger partial charge in [0.25, 0.3) is 0 Å². The Kier molecular flexibility index (Phi) is 10.4. The first-order chi connectivity index (χ1) is 30.3. The quantitative estimate of drug-likeness (QED) is 0.134. The van der Waals surface area contributed by atoms with Crippen LogP contribution in [0.4, 0.5) is 17.1 Å². The fourth-order valence-corrected chi connectivity index (χ4v) is 8.49. The minimum absolute atomic E-state index is 1.08. The van der Waals surface area contributed by atoms with Crippen LogP contribution < -0.4 is 4.90 Å². The van der Waals surface area contributed by atoms with Crippen molar-refractivity contribution in [2.45, 2.75) is 0 Å². The van der Waals surface area contributed by atoms with E-state index in [-0.39, 0.29) is 0 Å². The van der Waals surface area contributed by atoms with Crippen molar-refractivity contribution in [2.24, 2.45) is 0 Å². The third-order valence-electron chi connectivity index (χ3n) is 11.5. The maximum Gasteiger partial charge on any atom is 0.0467 e. The summed E-state index contributed by atoms with van der Waals surface area (Å²) in [6, 6.07) is 94.0. The second-order valence-electron chi connectivity index (χ2n) is 15.3. The summed E-state index contributed by atoms with van der Waals surface area (Å²) in [6.07, 6.45) is 0. The Morgan fingerprint density at radius 1 is 0.180 bits per heavy atom. The molecule has 0 atom stereocenters. The number of anilines is 3. The first-order valence-electron chi connectivity index (χ1n) is 20.9. The van der Waals surface area contributed by atoms with E-state index in [9.17, 15) is 0 Å². The average Bonchev–Trinajstić information content (AvgIpc) is 3.35. The summed E-state index contributed by atoms with van der Waals surface area (Å²) in [4.78, 5) is 2.37. The standard InChI is InChI=1S/C60H43N/c1-5-17-44(18-6-1)46-31-33-47(34-32-46)49-37-41-54(42-38-49)61(53-39-35-48(36-40-53)45-19-7-2-8-20-45)55-26-15-25-52(43-55)58-30-16-29-57(51-23-11-4-12-24-51)60(58)59-28-14-13-27-56(59)50-21-9-3-10-22-50/h1-43H. The molecule has 288 valence electrons.